The van der Waals surface area contributed by atoms with Crippen LogP contribution in [0.1, 0.15) is 25.3 Å². The number of aromatic nitrogens is 2. The average Bonchev–Trinajstić information content (AvgIpc) is 2.71. The number of nitrogens with zero attached hydrogens (tertiary/aromatic N) is 2. The van der Waals surface area contributed by atoms with Crippen molar-refractivity contribution in [3.05, 3.63) is 34.9 Å². The molecule has 72 valence electrons. The molecule has 0 aliphatic heterocycles. The number of hydrogen-bond donors (Lipinski definition) is 0. The van der Waals surface area contributed by atoms with E-state index in [2.05, 4.69) is 29.9 Å². The van der Waals surface area contributed by atoms with E-state index in [0.717, 1.165) is 11.3 Å². The monoisotopic (exact) mass is 204 g/mol. The summed E-state index contributed by atoms with van der Waals surface area (Å²) in [5.74, 6) is 0.515. The topological polar surface area (TPSA) is 25.8 Å². The van der Waals surface area contributed by atoms with E-state index in [0.29, 0.717) is 5.92 Å². The fourth-order valence-corrected chi connectivity index (χ4v) is 1.83. The Morgan fingerprint density at radius 3 is 2.79 bits per heavy atom. The highest BCUT2D eigenvalue weighted by Gasteiger charge is 2.03. The van der Waals surface area contributed by atoms with Crippen LogP contribution in [0.3, 0.4) is 0 Å². The summed E-state index contributed by atoms with van der Waals surface area (Å²) in [7, 11) is 0. The summed E-state index contributed by atoms with van der Waals surface area (Å²) in [5, 5.41) is 2.04. The minimum absolute atomic E-state index is 0.515. The predicted octanol–water partition coefficient (Wildman–Crippen LogP) is 3.33. The van der Waals surface area contributed by atoms with Crippen LogP contribution < -0.4 is 0 Å². The van der Waals surface area contributed by atoms with Crippen molar-refractivity contribution in [2.24, 2.45) is 0 Å². The van der Waals surface area contributed by atoms with Crippen molar-refractivity contribution in [2.45, 2.75) is 19.8 Å². The summed E-state index contributed by atoms with van der Waals surface area (Å²) < 4.78 is 0. The molecule has 0 N–H and O–H groups in total. The summed E-state index contributed by atoms with van der Waals surface area (Å²) in [6, 6.07) is 2.16. The van der Waals surface area contributed by atoms with Gasteiger partial charge in [-0.2, -0.15) is 0 Å². The quantitative estimate of drug-likeness (QED) is 0.750. The standard InChI is InChI=1S/C11H12N2S/c1-8(2)9-3-10(5-12-4-9)11-6-14-7-13-11/h3-8H,1-2H3. The minimum Gasteiger partial charge on any atom is -0.264 e. The summed E-state index contributed by atoms with van der Waals surface area (Å²) in [6.45, 7) is 4.34. The molecule has 0 radical (unpaired) electrons. The molecule has 2 rings (SSSR count). The molecule has 0 bridgehead atoms. The second-order valence-corrected chi connectivity index (χ2v) is 4.25. The molecule has 0 spiro atoms. The zero-order valence-electron chi connectivity index (χ0n) is 8.27. The van der Waals surface area contributed by atoms with Crippen LogP contribution in [0.5, 0.6) is 0 Å². The van der Waals surface area contributed by atoms with Crippen LogP contribution in [0.25, 0.3) is 11.3 Å². The molecule has 2 heterocycles. The Morgan fingerprint density at radius 2 is 2.14 bits per heavy atom. The van der Waals surface area contributed by atoms with Gasteiger partial charge in [-0.25, -0.2) is 4.98 Å². The van der Waals surface area contributed by atoms with E-state index in [4.69, 9.17) is 0 Å². The average molecular weight is 204 g/mol. The highest BCUT2D eigenvalue weighted by atomic mass is 32.1. The number of rotatable bonds is 2. The fourth-order valence-electron chi connectivity index (χ4n) is 1.27. The Morgan fingerprint density at radius 1 is 1.29 bits per heavy atom. The molecule has 0 atom stereocenters. The Balaban J connectivity index is 2.41. The summed E-state index contributed by atoms with van der Waals surface area (Å²) in [5.41, 5.74) is 5.23. The molecule has 0 aliphatic rings. The van der Waals surface area contributed by atoms with Gasteiger partial charge in [-0.3, -0.25) is 4.98 Å². The first-order valence-electron chi connectivity index (χ1n) is 4.61. The van der Waals surface area contributed by atoms with Gasteiger partial charge in [0, 0.05) is 23.3 Å². The molecule has 0 aliphatic carbocycles. The first kappa shape index (κ1) is 9.34. The lowest BCUT2D eigenvalue weighted by atomic mass is 10.0. The van der Waals surface area contributed by atoms with Gasteiger partial charge in [0.15, 0.2) is 0 Å². The molecule has 2 nitrogen and oxygen atoms in total. The lowest BCUT2D eigenvalue weighted by Gasteiger charge is -2.05. The number of pyridine rings is 1. The van der Waals surface area contributed by atoms with Gasteiger partial charge in [0.2, 0.25) is 0 Å². The molecular weight excluding hydrogens is 192 g/mol. The maximum Gasteiger partial charge on any atom is 0.0826 e. The lowest BCUT2D eigenvalue weighted by Crippen LogP contribution is -1.89. The van der Waals surface area contributed by atoms with Crippen LogP contribution in [0, 0.1) is 0 Å². The number of thiazole rings is 1. The molecule has 0 saturated carbocycles. The molecule has 2 aromatic rings. The van der Waals surface area contributed by atoms with Crippen molar-refractivity contribution in [2.75, 3.05) is 0 Å². The van der Waals surface area contributed by atoms with Crippen LogP contribution >= 0.6 is 11.3 Å². The van der Waals surface area contributed by atoms with E-state index in [1.165, 1.54) is 5.56 Å². The Bertz CT molecular complexity index is 407. The third-order valence-electron chi connectivity index (χ3n) is 2.15. The van der Waals surface area contributed by atoms with Gasteiger partial charge < -0.3 is 0 Å². The van der Waals surface area contributed by atoms with Gasteiger partial charge in [0.05, 0.1) is 11.2 Å². The maximum absolute atomic E-state index is 4.27. The smallest absolute Gasteiger partial charge is 0.0826 e. The third-order valence-corrected chi connectivity index (χ3v) is 2.74. The largest absolute Gasteiger partial charge is 0.264 e. The second-order valence-electron chi connectivity index (χ2n) is 3.54. The fraction of sp³-hybridized carbons (Fsp3) is 0.273. The van der Waals surface area contributed by atoms with E-state index in [-0.39, 0.29) is 0 Å². The first-order chi connectivity index (χ1) is 6.77. The van der Waals surface area contributed by atoms with E-state index in [1.807, 2.05) is 23.3 Å². The van der Waals surface area contributed by atoms with E-state index in [9.17, 15) is 0 Å². The van der Waals surface area contributed by atoms with Crippen LogP contribution in [-0.4, -0.2) is 9.97 Å². The first-order valence-corrected chi connectivity index (χ1v) is 5.55. The van der Waals surface area contributed by atoms with Gasteiger partial charge in [-0.1, -0.05) is 13.8 Å². The molecule has 0 amide bonds. The Labute approximate surface area is 87.7 Å². The zero-order valence-corrected chi connectivity index (χ0v) is 9.08. The zero-order chi connectivity index (χ0) is 9.97. The second kappa shape index (κ2) is 3.88. The van der Waals surface area contributed by atoms with Gasteiger partial charge in [-0.05, 0) is 17.5 Å². The van der Waals surface area contributed by atoms with Crippen molar-refractivity contribution in [3.8, 4) is 11.3 Å². The highest BCUT2D eigenvalue weighted by molar-refractivity contribution is 7.07. The molecular formula is C11H12N2S. The minimum atomic E-state index is 0.515. The van der Waals surface area contributed by atoms with E-state index in [1.54, 1.807) is 11.3 Å². The lowest BCUT2D eigenvalue weighted by molar-refractivity contribution is 0.858. The van der Waals surface area contributed by atoms with Crippen molar-refractivity contribution < 1.29 is 0 Å². The Kier molecular flexibility index (Phi) is 2.59. The molecule has 2 aromatic heterocycles. The summed E-state index contributed by atoms with van der Waals surface area (Å²) >= 11 is 1.61. The SMILES string of the molecule is CC(C)c1cncc(-c2cscn2)c1. The maximum atomic E-state index is 4.27. The third kappa shape index (κ3) is 1.82. The van der Waals surface area contributed by atoms with Crippen LogP contribution in [0.4, 0.5) is 0 Å². The van der Waals surface area contributed by atoms with Gasteiger partial charge in [0.1, 0.15) is 0 Å². The normalized spacial score (nSPS) is 10.8. The molecule has 0 fully saturated rings. The molecule has 0 aromatic carbocycles. The van der Waals surface area contributed by atoms with Crippen molar-refractivity contribution in [1.29, 1.82) is 0 Å². The van der Waals surface area contributed by atoms with Crippen LogP contribution in [0.2, 0.25) is 0 Å². The van der Waals surface area contributed by atoms with Crippen molar-refractivity contribution in [3.63, 3.8) is 0 Å². The van der Waals surface area contributed by atoms with Gasteiger partial charge >= 0.3 is 0 Å². The molecule has 0 unspecified atom stereocenters. The number of hydrogen-bond acceptors (Lipinski definition) is 3. The highest BCUT2D eigenvalue weighted by Crippen LogP contribution is 2.22. The van der Waals surface area contributed by atoms with Crippen LogP contribution in [0.15, 0.2) is 29.4 Å². The van der Waals surface area contributed by atoms with Crippen molar-refractivity contribution in [1.82, 2.24) is 9.97 Å². The van der Waals surface area contributed by atoms with E-state index < -0.39 is 0 Å². The van der Waals surface area contributed by atoms with E-state index >= 15 is 0 Å². The molecule has 0 saturated heterocycles. The van der Waals surface area contributed by atoms with Crippen molar-refractivity contribution >= 4 is 11.3 Å². The molecule has 14 heavy (non-hydrogen) atoms. The summed E-state index contributed by atoms with van der Waals surface area (Å²) in [4.78, 5) is 8.49. The van der Waals surface area contributed by atoms with Gasteiger partial charge in [0.25, 0.3) is 0 Å². The van der Waals surface area contributed by atoms with Crippen LogP contribution in [-0.2, 0) is 0 Å². The Hall–Kier alpha value is -1.22. The van der Waals surface area contributed by atoms with Gasteiger partial charge in [-0.15, -0.1) is 11.3 Å². The predicted molar refractivity (Wildman–Crippen MR) is 59.4 cm³/mol. The molecule has 3 heteroatoms. The summed E-state index contributed by atoms with van der Waals surface area (Å²) in [6.07, 6.45) is 3.78.